The minimum atomic E-state index is -0.922. The molecular formula is C26H24N2O7S. The Kier molecular flexibility index (Phi) is 9.07. The minimum absolute atomic E-state index is 0.251. The van der Waals surface area contributed by atoms with Crippen molar-refractivity contribution in [1.29, 1.82) is 0 Å². The van der Waals surface area contributed by atoms with Crippen molar-refractivity contribution in [2.24, 2.45) is 5.73 Å². The predicted molar refractivity (Wildman–Crippen MR) is 135 cm³/mol. The van der Waals surface area contributed by atoms with Gasteiger partial charge in [0.1, 0.15) is 22.6 Å². The summed E-state index contributed by atoms with van der Waals surface area (Å²) in [5, 5.41) is 9.61. The highest BCUT2D eigenvalue weighted by Crippen LogP contribution is 2.21. The number of carbonyl (C=O) groups excluding carboxylic acids is 2. The Labute approximate surface area is 212 Å². The van der Waals surface area contributed by atoms with Crippen molar-refractivity contribution in [2.45, 2.75) is 32.3 Å². The summed E-state index contributed by atoms with van der Waals surface area (Å²) in [6.07, 6.45) is -0.474. The van der Waals surface area contributed by atoms with Gasteiger partial charge in [-0.3, -0.25) is 4.79 Å². The molecule has 36 heavy (non-hydrogen) atoms. The molecule has 0 heterocycles. The maximum atomic E-state index is 12.9. The first kappa shape index (κ1) is 26.3. The summed E-state index contributed by atoms with van der Waals surface area (Å²) in [5.41, 5.74) is 8.16. The zero-order valence-corrected chi connectivity index (χ0v) is 20.2. The van der Waals surface area contributed by atoms with Gasteiger partial charge in [-0.25, -0.2) is 4.79 Å². The Balaban J connectivity index is 1.69. The van der Waals surface area contributed by atoms with E-state index in [2.05, 4.69) is 4.84 Å². The number of nitrogens with zero attached hydrogens (tertiary/aromatic N) is 1. The van der Waals surface area contributed by atoms with E-state index in [-0.39, 0.29) is 23.6 Å². The number of hydrogen-bond acceptors (Lipinski definition) is 8. The van der Waals surface area contributed by atoms with Crippen molar-refractivity contribution < 1.29 is 29.0 Å². The molecule has 0 aliphatic heterocycles. The third-order valence-corrected chi connectivity index (χ3v) is 5.43. The zero-order chi connectivity index (χ0) is 26.1. The highest BCUT2D eigenvalue weighted by atomic mass is 32.1. The Morgan fingerprint density at radius 1 is 1.00 bits per heavy atom. The summed E-state index contributed by atoms with van der Waals surface area (Å²) in [4.78, 5) is 40.3. The molecule has 2 N–H and O–H groups in total. The molecule has 0 aliphatic rings. The molecular weight excluding hydrogens is 484 g/mol. The molecule has 0 saturated carbocycles. The van der Waals surface area contributed by atoms with E-state index in [1.54, 1.807) is 61.5 Å². The van der Waals surface area contributed by atoms with Gasteiger partial charge in [0.05, 0.1) is 12.0 Å². The Bertz CT molecular complexity index is 1260. The number of esters is 2. The zero-order valence-electron chi connectivity index (χ0n) is 19.4. The van der Waals surface area contributed by atoms with Crippen molar-refractivity contribution in [2.75, 3.05) is 0 Å². The van der Waals surface area contributed by atoms with Gasteiger partial charge >= 0.3 is 11.9 Å². The van der Waals surface area contributed by atoms with Gasteiger partial charge in [0.2, 0.25) is 0 Å². The third kappa shape index (κ3) is 7.60. The quantitative estimate of drug-likeness (QED) is 0.131. The second-order valence-corrected chi connectivity index (χ2v) is 8.24. The van der Waals surface area contributed by atoms with E-state index in [1.165, 1.54) is 0 Å². The van der Waals surface area contributed by atoms with Crippen LogP contribution >= 0.6 is 12.2 Å². The lowest BCUT2D eigenvalue weighted by Crippen LogP contribution is -2.22. The van der Waals surface area contributed by atoms with E-state index >= 15 is 0 Å². The van der Waals surface area contributed by atoms with E-state index in [1.807, 2.05) is 18.2 Å². The molecule has 0 aliphatic carbocycles. The highest BCUT2D eigenvalue weighted by Gasteiger charge is 2.18. The molecule has 3 rings (SSSR count). The van der Waals surface area contributed by atoms with Crippen LogP contribution < -0.4 is 15.2 Å². The smallest absolute Gasteiger partial charge is 0.343 e. The van der Waals surface area contributed by atoms with Gasteiger partial charge in [0.15, 0.2) is 0 Å². The SMILES string of the molecule is CCC(CC(=O)Oc1cccc(Cc2ccccc2C(=O)Oc2ccc(C(N)=S)cc2)c1)O[N+](=O)[O-]. The van der Waals surface area contributed by atoms with Crippen molar-refractivity contribution in [3.63, 3.8) is 0 Å². The molecule has 0 spiro atoms. The maximum Gasteiger partial charge on any atom is 0.343 e. The molecule has 0 saturated heterocycles. The first-order valence-electron chi connectivity index (χ1n) is 11.1. The van der Waals surface area contributed by atoms with Crippen LogP contribution in [0.1, 0.15) is 46.8 Å². The molecule has 0 fully saturated rings. The van der Waals surface area contributed by atoms with E-state index in [4.69, 9.17) is 27.4 Å². The molecule has 9 nitrogen and oxygen atoms in total. The summed E-state index contributed by atoms with van der Waals surface area (Å²) < 4.78 is 10.9. The number of hydrogen-bond donors (Lipinski definition) is 1. The van der Waals surface area contributed by atoms with Crippen LogP contribution in [0.2, 0.25) is 0 Å². The van der Waals surface area contributed by atoms with Crippen molar-refractivity contribution in [3.05, 3.63) is 105 Å². The fourth-order valence-electron chi connectivity index (χ4n) is 3.40. The van der Waals surface area contributed by atoms with Gasteiger partial charge in [-0.05, 0) is 66.4 Å². The molecule has 0 radical (unpaired) electrons. The number of nitrogens with two attached hydrogens (primary N) is 1. The Morgan fingerprint density at radius 3 is 2.39 bits per heavy atom. The molecule has 0 aromatic heterocycles. The van der Waals surface area contributed by atoms with Gasteiger partial charge in [0.25, 0.3) is 5.09 Å². The molecule has 1 unspecified atom stereocenters. The Morgan fingerprint density at radius 2 is 1.72 bits per heavy atom. The lowest BCUT2D eigenvalue weighted by atomic mass is 9.99. The number of benzene rings is 3. The minimum Gasteiger partial charge on any atom is -0.426 e. The van der Waals surface area contributed by atoms with E-state index in [0.29, 0.717) is 23.3 Å². The first-order chi connectivity index (χ1) is 17.2. The van der Waals surface area contributed by atoms with Crippen molar-refractivity contribution in [1.82, 2.24) is 0 Å². The first-order valence-corrected chi connectivity index (χ1v) is 11.5. The second kappa shape index (κ2) is 12.4. The summed E-state index contributed by atoms with van der Waals surface area (Å²) in [6, 6.07) is 20.4. The van der Waals surface area contributed by atoms with Crippen LogP contribution in [0.15, 0.2) is 72.8 Å². The average molecular weight is 509 g/mol. The van der Waals surface area contributed by atoms with Crippen LogP contribution in [0, 0.1) is 10.1 Å². The fraction of sp³-hybridized carbons (Fsp3) is 0.192. The summed E-state index contributed by atoms with van der Waals surface area (Å²) in [5.74, 6) is -0.527. The van der Waals surface area contributed by atoms with Crippen molar-refractivity contribution >= 4 is 29.1 Å². The molecule has 3 aromatic carbocycles. The van der Waals surface area contributed by atoms with Crippen LogP contribution in [0.25, 0.3) is 0 Å². The second-order valence-electron chi connectivity index (χ2n) is 7.80. The number of ether oxygens (including phenoxy) is 2. The number of rotatable bonds is 11. The molecule has 1 atom stereocenters. The molecule has 0 amide bonds. The van der Waals surface area contributed by atoms with Crippen LogP contribution in [0.4, 0.5) is 0 Å². The van der Waals surface area contributed by atoms with Gasteiger partial charge < -0.3 is 20.0 Å². The maximum absolute atomic E-state index is 12.9. The van der Waals surface area contributed by atoms with E-state index in [9.17, 15) is 19.7 Å². The van der Waals surface area contributed by atoms with Crippen LogP contribution in [-0.4, -0.2) is 28.1 Å². The standard InChI is InChI=1S/C26H24N2O7S/c1-2-20(35-28(31)32)16-24(29)33-22-8-5-6-17(15-22)14-19-7-3-4-9-23(19)26(30)34-21-12-10-18(11-13-21)25(27)36/h3-13,15,20H,2,14,16H2,1H3,(H2,27,36). The van der Waals surface area contributed by atoms with E-state index < -0.39 is 23.1 Å². The van der Waals surface area contributed by atoms with Gasteiger partial charge in [-0.1, -0.05) is 49.5 Å². The molecule has 186 valence electrons. The highest BCUT2D eigenvalue weighted by molar-refractivity contribution is 7.80. The van der Waals surface area contributed by atoms with Crippen LogP contribution in [0.3, 0.4) is 0 Å². The fourth-order valence-corrected chi connectivity index (χ4v) is 3.53. The van der Waals surface area contributed by atoms with Gasteiger partial charge in [-0.15, -0.1) is 10.1 Å². The predicted octanol–water partition coefficient (Wildman–Crippen LogP) is 4.41. The van der Waals surface area contributed by atoms with Crippen LogP contribution in [0.5, 0.6) is 11.5 Å². The lowest BCUT2D eigenvalue weighted by molar-refractivity contribution is -0.768. The third-order valence-electron chi connectivity index (χ3n) is 5.20. The topological polar surface area (TPSA) is 131 Å². The summed E-state index contributed by atoms with van der Waals surface area (Å²) in [7, 11) is 0. The van der Waals surface area contributed by atoms with Crippen molar-refractivity contribution in [3.8, 4) is 11.5 Å². The lowest BCUT2D eigenvalue weighted by Gasteiger charge is -2.13. The van der Waals surface area contributed by atoms with E-state index in [0.717, 1.165) is 11.1 Å². The number of thiocarbonyl (C=S) groups is 1. The Hall–Kier alpha value is -4.31. The molecule has 0 bridgehead atoms. The van der Waals surface area contributed by atoms with Gasteiger partial charge in [0, 0.05) is 5.56 Å². The van der Waals surface area contributed by atoms with Gasteiger partial charge in [-0.2, -0.15) is 0 Å². The largest absolute Gasteiger partial charge is 0.426 e. The molecule has 3 aromatic rings. The summed E-state index contributed by atoms with van der Waals surface area (Å²) in [6.45, 7) is 1.68. The monoisotopic (exact) mass is 508 g/mol. The normalized spacial score (nSPS) is 11.2. The summed E-state index contributed by atoms with van der Waals surface area (Å²) >= 11 is 4.93. The van der Waals surface area contributed by atoms with Crippen LogP contribution in [-0.2, 0) is 16.1 Å². The number of carbonyl (C=O) groups is 2. The molecule has 10 heteroatoms. The average Bonchev–Trinajstić information content (AvgIpc) is 2.84.